The Morgan fingerprint density at radius 2 is 2.05 bits per heavy atom. The van der Waals surface area contributed by atoms with Crippen LogP contribution in [-0.2, 0) is 4.74 Å². The summed E-state index contributed by atoms with van der Waals surface area (Å²) in [5, 5.41) is 8.76. The summed E-state index contributed by atoms with van der Waals surface area (Å²) in [6, 6.07) is 5.65. The Balaban J connectivity index is 1.92. The Morgan fingerprint density at radius 1 is 1.36 bits per heavy atom. The number of likely N-dealkylation sites (tertiary alicyclic amines) is 1. The Kier molecular flexibility index (Phi) is 4.81. The number of aromatic nitrogens is 1. The summed E-state index contributed by atoms with van der Waals surface area (Å²) >= 11 is 0. The molecule has 0 N–H and O–H groups in total. The van der Waals surface area contributed by atoms with Gasteiger partial charge in [0.1, 0.15) is 11.7 Å². The molecule has 1 aromatic heterocycles. The monoisotopic (exact) mass is 299 g/mol. The number of rotatable bonds is 1. The van der Waals surface area contributed by atoms with Crippen LogP contribution in [0.3, 0.4) is 0 Å². The van der Waals surface area contributed by atoms with Crippen molar-refractivity contribution in [3.8, 4) is 6.07 Å². The molecule has 2 heterocycles. The average Bonchev–Trinajstić information content (AvgIpc) is 2.47. The van der Waals surface area contributed by atoms with Gasteiger partial charge in [-0.05, 0) is 51.8 Å². The Bertz CT molecular complexity index is 596. The first-order valence-corrected chi connectivity index (χ1v) is 7.41. The van der Waals surface area contributed by atoms with Crippen LogP contribution in [0, 0.1) is 11.3 Å². The van der Waals surface area contributed by atoms with Crippen molar-refractivity contribution in [2.24, 2.45) is 0 Å². The van der Waals surface area contributed by atoms with Gasteiger partial charge >= 0.3 is 6.09 Å². The molecule has 1 aromatic rings. The summed E-state index contributed by atoms with van der Waals surface area (Å²) in [6.07, 6.45) is 5.00. The van der Waals surface area contributed by atoms with Crippen molar-refractivity contribution >= 4 is 12.2 Å². The van der Waals surface area contributed by atoms with Crippen molar-refractivity contribution in [3.63, 3.8) is 0 Å². The molecule has 0 atom stereocenters. The van der Waals surface area contributed by atoms with E-state index in [0.717, 1.165) is 18.5 Å². The van der Waals surface area contributed by atoms with Crippen molar-refractivity contribution < 1.29 is 9.53 Å². The van der Waals surface area contributed by atoms with Gasteiger partial charge in [-0.1, -0.05) is 5.57 Å². The molecule has 1 amide bonds. The maximum Gasteiger partial charge on any atom is 0.410 e. The van der Waals surface area contributed by atoms with Gasteiger partial charge in [-0.25, -0.2) is 4.79 Å². The van der Waals surface area contributed by atoms with Crippen LogP contribution in [0.2, 0.25) is 0 Å². The minimum absolute atomic E-state index is 0.247. The van der Waals surface area contributed by atoms with Gasteiger partial charge in [0.15, 0.2) is 0 Å². The summed E-state index contributed by atoms with van der Waals surface area (Å²) in [5.74, 6) is 0. The summed E-state index contributed by atoms with van der Waals surface area (Å²) in [6.45, 7) is 6.94. The van der Waals surface area contributed by atoms with Crippen LogP contribution in [0.1, 0.15) is 44.9 Å². The van der Waals surface area contributed by atoms with Crippen LogP contribution in [0.15, 0.2) is 23.9 Å². The highest BCUT2D eigenvalue weighted by Gasteiger charge is 2.24. The first-order chi connectivity index (χ1) is 10.4. The topological polar surface area (TPSA) is 66.2 Å². The normalized spacial score (nSPS) is 15.2. The van der Waals surface area contributed by atoms with Gasteiger partial charge in [-0.2, -0.15) is 5.26 Å². The van der Waals surface area contributed by atoms with E-state index in [9.17, 15) is 4.79 Å². The maximum atomic E-state index is 12.0. The molecule has 0 spiro atoms. The molecule has 0 bridgehead atoms. The first kappa shape index (κ1) is 16.0. The second kappa shape index (κ2) is 6.61. The van der Waals surface area contributed by atoms with Crippen molar-refractivity contribution in [1.82, 2.24) is 9.88 Å². The van der Waals surface area contributed by atoms with Crippen molar-refractivity contribution in [1.29, 1.82) is 5.26 Å². The van der Waals surface area contributed by atoms with Crippen molar-refractivity contribution in [2.75, 3.05) is 13.1 Å². The molecule has 1 fully saturated rings. The Morgan fingerprint density at radius 3 is 2.55 bits per heavy atom. The number of hydrogen-bond donors (Lipinski definition) is 0. The zero-order valence-corrected chi connectivity index (χ0v) is 13.3. The molecule has 1 aliphatic rings. The minimum Gasteiger partial charge on any atom is -0.444 e. The fraction of sp³-hybridized carbons (Fsp3) is 0.471. The van der Waals surface area contributed by atoms with Crippen molar-refractivity contribution in [3.05, 3.63) is 35.2 Å². The molecular formula is C17H21N3O2. The molecule has 22 heavy (non-hydrogen) atoms. The molecule has 0 aliphatic carbocycles. The van der Waals surface area contributed by atoms with E-state index in [1.807, 2.05) is 32.9 Å². The van der Waals surface area contributed by atoms with E-state index in [-0.39, 0.29) is 6.09 Å². The van der Waals surface area contributed by atoms with Gasteiger partial charge in [-0.15, -0.1) is 0 Å². The van der Waals surface area contributed by atoms with Crippen LogP contribution in [0.25, 0.3) is 6.08 Å². The van der Waals surface area contributed by atoms with Crippen LogP contribution in [0.4, 0.5) is 4.79 Å². The highest BCUT2D eigenvalue weighted by Crippen LogP contribution is 2.20. The molecule has 1 saturated heterocycles. The number of carbonyl (C=O) groups is 1. The van der Waals surface area contributed by atoms with Gasteiger partial charge in [-0.3, -0.25) is 4.98 Å². The van der Waals surface area contributed by atoms with Gasteiger partial charge in [0, 0.05) is 19.3 Å². The quantitative estimate of drug-likeness (QED) is 0.797. The van der Waals surface area contributed by atoms with E-state index in [1.54, 1.807) is 17.2 Å². The van der Waals surface area contributed by atoms with E-state index < -0.39 is 5.60 Å². The molecule has 0 saturated carbocycles. The molecule has 5 heteroatoms. The summed E-state index contributed by atoms with van der Waals surface area (Å²) in [7, 11) is 0. The first-order valence-electron chi connectivity index (χ1n) is 7.41. The van der Waals surface area contributed by atoms with E-state index >= 15 is 0 Å². The number of nitriles is 1. The lowest BCUT2D eigenvalue weighted by atomic mass is 10.0. The molecule has 2 rings (SSSR count). The molecule has 5 nitrogen and oxygen atoms in total. The van der Waals surface area contributed by atoms with Gasteiger partial charge < -0.3 is 9.64 Å². The third-order valence-corrected chi connectivity index (χ3v) is 3.32. The third kappa shape index (κ3) is 4.59. The zero-order valence-electron chi connectivity index (χ0n) is 13.3. The number of carbonyl (C=O) groups excluding carboxylic acids is 1. The second-order valence-corrected chi connectivity index (χ2v) is 6.35. The lowest BCUT2D eigenvalue weighted by molar-refractivity contribution is 0.0237. The van der Waals surface area contributed by atoms with Crippen LogP contribution in [-0.4, -0.2) is 34.7 Å². The Labute approximate surface area is 131 Å². The van der Waals surface area contributed by atoms with Crippen LogP contribution in [0.5, 0.6) is 0 Å². The smallest absolute Gasteiger partial charge is 0.410 e. The summed E-state index contributed by atoms with van der Waals surface area (Å²) in [4.78, 5) is 18.0. The summed E-state index contributed by atoms with van der Waals surface area (Å²) in [5.41, 5.74) is 2.21. The van der Waals surface area contributed by atoms with E-state index in [1.165, 1.54) is 5.57 Å². The van der Waals surface area contributed by atoms with Crippen LogP contribution >= 0.6 is 0 Å². The standard InChI is InChI=1S/C17H21N3O2/c1-17(2,3)22-16(21)20-8-6-13(7-9-20)10-15-5-4-14(11-18)12-19-15/h4-5,10,12H,6-9H2,1-3H3. The number of amides is 1. The van der Waals surface area contributed by atoms with E-state index in [2.05, 4.69) is 11.1 Å². The zero-order chi connectivity index (χ0) is 16.2. The largest absolute Gasteiger partial charge is 0.444 e. The SMILES string of the molecule is CC(C)(C)OC(=O)N1CCC(=Cc2ccc(C#N)cn2)CC1. The molecule has 1 aliphatic heterocycles. The molecular weight excluding hydrogens is 278 g/mol. The van der Waals surface area contributed by atoms with E-state index in [0.29, 0.717) is 18.7 Å². The molecule has 0 unspecified atom stereocenters. The maximum absolute atomic E-state index is 12.0. The summed E-state index contributed by atoms with van der Waals surface area (Å²) < 4.78 is 5.38. The predicted molar refractivity (Wildman–Crippen MR) is 84.0 cm³/mol. The number of ether oxygens (including phenoxy) is 1. The van der Waals surface area contributed by atoms with Crippen molar-refractivity contribution in [2.45, 2.75) is 39.2 Å². The number of piperidine rings is 1. The number of pyridine rings is 1. The number of nitrogens with zero attached hydrogens (tertiary/aromatic N) is 3. The molecule has 116 valence electrons. The number of hydrogen-bond acceptors (Lipinski definition) is 4. The third-order valence-electron chi connectivity index (χ3n) is 3.32. The lowest BCUT2D eigenvalue weighted by Gasteiger charge is -2.31. The Hall–Kier alpha value is -2.35. The van der Waals surface area contributed by atoms with Gasteiger partial charge in [0.2, 0.25) is 0 Å². The van der Waals surface area contributed by atoms with Crippen LogP contribution < -0.4 is 0 Å². The average molecular weight is 299 g/mol. The van der Waals surface area contributed by atoms with Gasteiger partial charge in [0.05, 0.1) is 11.3 Å². The fourth-order valence-electron chi connectivity index (χ4n) is 2.21. The fourth-order valence-corrected chi connectivity index (χ4v) is 2.21. The predicted octanol–water partition coefficient (Wildman–Crippen LogP) is 3.37. The minimum atomic E-state index is -0.459. The highest BCUT2D eigenvalue weighted by atomic mass is 16.6. The second-order valence-electron chi connectivity index (χ2n) is 6.35. The molecule has 0 radical (unpaired) electrons. The lowest BCUT2D eigenvalue weighted by Crippen LogP contribution is -2.40. The van der Waals surface area contributed by atoms with E-state index in [4.69, 9.17) is 10.00 Å². The van der Waals surface area contributed by atoms with Gasteiger partial charge in [0.25, 0.3) is 0 Å². The molecule has 0 aromatic carbocycles. The highest BCUT2D eigenvalue weighted by molar-refractivity contribution is 5.68.